The minimum atomic E-state index is -0.608. The molecular weight excluding hydrogens is 356 g/mol. The van der Waals surface area contributed by atoms with Crippen molar-refractivity contribution in [1.29, 1.82) is 10.5 Å². The Morgan fingerprint density at radius 2 is 1.22 bits per heavy atom. The summed E-state index contributed by atoms with van der Waals surface area (Å²) < 4.78 is 1.71. The van der Waals surface area contributed by atoms with Gasteiger partial charge in [0.15, 0.2) is 0 Å². The van der Waals surface area contributed by atoms with Crippen LogP contribution in [0.4, 0.5) is 0 Å². The maximum absolute atomic E-state index is 9.26. The molecule has 0 spiro atoms. The number of benzene rings is 1. The Labute approximate surface area is 125 Å². The predicted octanol–water partition coefficient (Wildman–Crippen LogP) is 4.81. The summed E-state index contributed by atoms with van der Waals surface area (Å²) >= 11 is 7.00. The first-order chi connectivity index (χ1) is 8.15. The normalized spacial score (nSPS) is 11.8. The standard InChI is InChI=1S/C14H14Br2N2/c1-13(2,7-17)10-5-9(15)6-11(12(10)16)14(3,4)8-18/h5-6H,1-4H3. The van der Waals surface area contributed by atoms with Crippen molar-refractivity contribution >= 4 is 31.9 Å². The van der Waals surface area contributed by atoms with Crippen LogP contribution < -0.4 is 0 Å². The largest absolute Gasteiger partial charge is 0.197 e. The van der Waals surface area contributed by atoms with Gasteiger partial charge in [0.25, 0.3) is 0 Å². The van der Waals surface area contributed by atoms with Gasteiger partial charge in [0.2, 0.25) is 0 Å². The molecule has 0 aromatic heterocycles. The number of hydrogen-bond donors (Lipinski definition) is 0. The summed E-state index contributed by atoms with van der Waals surface area (Å²) in [6.07, 6.45) is 0. The average Bonchev–Trinajstić information content (AvgIpc) is 2.31. The highest BCUT2D eigenvalue weighted by molar-refractivity contribution is 9.11. The Morgan fingerprint density at radius 3 is 1.50 bits per heavy atom. The van der Waals surface area contributed by atoms with E-state index >= 15 is 0 Å². The summed E-state index contributed by atoms with van der Waals surface area (Å²) in [6.45, 7) is 7.46. The van der Waals surface area contributed by atoms with Crippen molar-refractivity contribution in [1.82, 2.24) is 0 Å². The van der Waals surface area contributed by atoms with Crippen molar-refractivity contribution in [3.05, 3.63) is 32.2 Å². The molecule has 0 aliphatic carbocycles. The highest BCUT2D eigenvalue weighted by Gasteiger charge is 2.30. The molecule has 4 heteroatoms. The molecule has 0 amide bonds. The molecule has 0 aliphatic rings. The van der Waals surface area contributed by atoms with Gasteiger partial charge in [0.05, 0.1) is 23.0 Å². The van der Waals surface area contributed by atoms with E-state index < -0.39 is 10.8 Å². The number of rotatable bonds is 2. The topological polar surface area (TPSA) is 47.6 Å². The van der Waals surface area contributed by atoms with Crippen molar-refractivity contribution in [2.24, 2.45) is 0 Å². The maximum Gasteiger partial charge on any atom is 0.0777 e. The highest BCUT2D eigenvalue weighted by atomic mass is 79.9. The van der Waals surface area contributed by atoms with Gasteiger partial charge >= 0.3 is 0 Å². The van der Waals surface area contributed by atoms with Crippen LogP contribution in [-0.4, -0.2) is 0 Å². The molecule has 1 aromatic carbocycles. The van der Waals surface area contributed by atoms with Gasteiger partial charge in [-0.25, -0.2) is 0 Å². The van der Waals surface area contributed by atoms with Crippen LogP contribution >= 0.6 is 31.9 Å². The lowest BCUT2D eigenvalue weighted by Gasteiger charge is -2.25. The van der Waals surface area contributed by atoms with Crippen LogP contribution in [0.25, 0.3) is 0 Å². The molecule has 0 saturated heterocycles. The minimum absolute atomic E-state index is 0.608. The monoisotopic (exact) mass is 368 g/mol. The van der Waals surface area contributed by atoms with Crippen molar-refractivity contribution in [2.75, 3.05) is 0 Å². The van der Waals surface area contributed by atoms with Gasteiger partial charge in [-0.15, -0.1) is 0 Å². The van der Waals surface area contributed by atoms with E-state index in [0.717, 1.165) is 20.1 Å². The van der Waals surface area contributed by atoms with Gasteiger partial charge in [-0.3, -0.25) is 0 Å². The molecule has 0 bridgehead atoms. The fourth-order valence-corrected chi connectivity index (χ4v) is 3.30. The first kappa shape index (κ1) is 15.2. The number of nitriles is 2. The number of halogens is 2. The van der Waals surface area contributed by atoms with Crippen molar-refractivity contribution in [3.8, 4) is 12.1 Å². The van der Waals surface area contributed by atoms with Crippen LogP contribution in [0.2, 0.25) is 0 Å². The molecule has 1 rings (SSSR count). The third kappa shape index (κ3) is 2.76. The minimum Gasteiger partial charge on any atom is -0.197 e. The number of nitrogens with zero attached hydrogens (tertiary/aromatic N) is 2. The van der Waals surface area contributed by atoms with Crippen LogP contribution in [0.1, 0.15) is 38.8 Å². The van der Waals surface area contributed by atoms with Crippen LogP contribution in [0.5, 0.6) is 0 Å². The Hall–Kier alpha value is -0.840. The lowest BCUT2D eigenvalue weighted by molar-refractivity contribution is 0.653. The first-order valence-corrected chi connectivity index (χ1v) is 7.07. The maximum atomic E-state index is 9.26. The molecule has 1 aromatic rings. The highest BCUT2D eigenvalue weighted by Crippen LogP contribution is 2.39. The van der Waals surface area contributed by atoms with E-state index in [1.54, 1.807) is 0 Å². The first-order valence-electron chi connectivity index (χ1n) is 5.48. The molecular formula is C14H14Br2N2. The summed E-state index contributed by atoms with van der Waals surface area (Å²) in [5.74, 6) is 0. The second-order valence-corrected chi connectivity index (χ2v) is 7.00. The van der Waals surface area contributed by atoms with E-state index in [1.807, 2.05) is 39.8 Å². The van der Waals surface area contributed by atoms with E-state index in [0.29, 0.717) is 0 Å². The molecule has 0 aliphatic heterocycles. The molecule has 2 nitrogen and oxygen atoms in total. The van der Waals surface area contributed by atoms with Crippen LogP contribution in [0, 0.1) is 22.7 Å². The van der Waals surface area contributed by atoms with E-state index in [1.165, 1.54) is 0 Å². The third-order valence-electron chi connectivity index (χ3n) is 2.94. The average molecular weight is 370 g/mol. The van der Waals surface area contributed by atoms with Crippen LogP contribution in [-0.2, 0) is 10.8 Å². The smallest absolute Gasteiger partial charge is 0.0777 e. The molecule has 18 heavy (non-hydrogen) atoms. The summed E-state index contributed by atoms with van der Waals surface area (Å²) in [6, 6.07) is 8.42. The lowest BCUT2D eigenvalue weighted by atomic mass is 9.80. The third-order valence-corrected chi connectivity index (χ3v) is 4.26. The van der Waals surface area contributed by atoms with Gasteiger partial charge in [0, 0.05) is 8.95 Å². The van der Waals surface area contributed by atoms with E-state index in [4.69, 9.17) is 0 Å². The van der Waals surface area contributed by atoms with E-state index in [9.17, 15) is 10.5 Å². The van der Waals surface area contributed by atoms with Crippen LogP contribution in [0.15, 0.2) is 21.1 Å². The lowest BCUT2D eigenvalue weighted by Crippen LogP contribution is -2.20. The van der Waals surface area contributed by atoms with Crippen molar-refractivity contribution < 1.29 is 0 Å². The second-order valence-electron chi connectivity index (χ2n) is 5.29. The Bertz CT molecular complexity index is 513. The molecule has 0 atom stereocenters. The van der Waals surface area contributed by atoms with Gasteiger partial charge < -0.3 is 0 Å². The molecule has 0 heterocycles. The van der Waals surface area contributed by atoms with Gasteiger partial charge in [0.1, 0.15) is 0 Å². The van der Waals surface area contributed by atoms with Gasteiger partial charge in [-0.1, -0.05) is 31.9 Å². The number of hydrogen-bond acceptors (Lipinski definition) is 2. The summed E-state index contributed by atoms with van der Waals surface area (Å²) in [5.41, 5.74) is 0.557. The van der Waals surface area contributed by atoms with Crippen molar-refractivity contribution in [3.63, 3.8) is 0 Å². The zero-order valence-electron chi connectivity index (χ0n) is 10.8. The molecule has 0 radical (unpaired) electrons. The molecule has 0 N–H and O–H groups in total. The zero-order valence-corrected chi connectivity index (χ0v) is 14.0. The van der Waals surface area contributed by atoms with Gasteiger partial charge in [-0.05, 0) is 51.0 Å². The molecule has 0 fully saturated rings. The molecule has 0 unspecified atom stereocenters. The Kier molecular flexibility index (Phi) is 4.26. The van der Waals surface area contributed by atoms with E-state index in [2.05, 4.69) is 44.0 Å². The van der Waals surface area contributed by atoms with Crippen LogP contribution in [0.3, 0.4) is 0 Å². The fourth-order valence-electron chi connectivity index (χ4n) is 1.62. The van der Waals surface area contributed by atoms with Gasteiger partial charge in [-0.2, -0.15) is 10.5 Å². The molecule has 0 saturated carbocycles. The zero-order chi connectivity index (χ0) is 14.1. The second kappa shape index (κ2) is 5.03. The molecule has 94 valence electrons. The summed E-state index contributed by atoms with van der Waals surface area (Å²) in [5, 5.41) is 18.5. The SMILES string of the molecule is CC(C)(C#N)c1cc(Br)cc(C(C)(C)C#N)c1Br. The fraction of sp³-hybridized carbons (Fsp3) is 0.429. The Morgan fingerprint density at radius 1 is 0.889 bits per heavy atom. The quantitative estimate of drug-likeness (QED) is 0.750. The Balaban J connectivity index is 3.63. The predicted molar refractivity (Wildman–Crippen MR) is 79.1 cm³/mol. The van der Waals surface area contributed by atoms with Crippen molar-refractivity contribution in [2.45, 2.75) is 38.5 Å². The summed E-state index contributed by atoms with van der Waals surface area (Å²) in [4.78, 5) is 0. The summed E-state index contributed by atoms with van der Waals surface area (Å²) in [7, 11) is 0. The van der Waals surface area contributed by atoms with E-state index in [-0.39, 0.29) is 0 Å².